The van der Waals surface area contributed by atoms with Crippen LogP contribution in [0.15, 0.2) is 115 Å². The normalized spacial score (nSPS) is 10.1. The molecule has 3 heterocycles. The van der Waals surface area contributed by atoms with Crippen LogP contribution in [-0.4, -0.2) is 15.0 Å². The molecule has 4 heteroatoms. The third-order valence-corrected chi connectivity index (χ3v) is 5.11. The highest BCUT2D eigenvalue weighted by Crippen LogP contribution is 2.15. The van der Waals surface area contributed by atoms with Crippen molar-refractivity contribution in [3.8, 4) is 0 Å². The first-order chi connectivity index (χ1) is 14.4. The lowest BCUT2D eigenvalue weighted by molar-refractivity contribution is 1.36. The van der Waals surface area contributed by atoms with E-state index < -0.39 is 0 Å². The summed E-state index contributed by atoms with van der Waals surface area (Å²) in [5.41, 5.74) is 4.03. The number of thiazole rings is 1. The van der Waals surface area contributed by atoms with Crippen molar-refractivity contribution in [1.29, 1.82) is 0 Å². The molecular weight excluding hydrogens is 374 g/mol. The molecule has 0 aliphatic heterocycles. The number of para-hydroxylation sites is 2. The quantitative estimate of drug-likeness (QED) is 0.286. The van der Waals surface area contributed by atoms with E-state index in [0.29, 0.717) is 0 Å². The molecule has 140 valence electrons. The van der Waals surface area contributed by atoms with Crippen molar-refractivity contribution in [2.24, 2.45) is 0 Å². The molecular formula is C25H19N3S. The fraction of sp³-hybridized carbons (Fsp3) is 0. The minimum atomic E-state index is 1.06. The second kappa shape index (κ2) is 9.53. The van der Waals surface area contributed by atoms with Crippen LogP contribution in [-0.2, 0) is 0 Å². The van der Waals surface area contributed by atoms with Gasteiger partial charge in [-0.2, -0.15) is 0 Å². The largest absolute Gasteiger partial charge is 0.264 e. The number of fused-ring (bicyclic) bond motifs is 3. The monoisotopic (exact) mass is 393 g/mol. The molecule has 0 spiro atoms. The molecule has 0 saturated heterocycles. The standard InChI is InChI=1S/2C9H7N.C7H5NS/c1-2-6-9-8(4-1)5-3-7-10-9;1-2-4-9-7-10-6-5-8(9)3-1;1-2-4-7-6(3-1)8-5-9-7/h2*1-7H;1-5H. The number of hydrogen-bond donors (Lipinski definition) is 0. The zero-order valence-corrected chi connectivity index (χ0v) is 16.5. The molecule has 3 nitrogen and oxygen atoms in total. The number of aromatic nitrogens is 3. The number of hydrogen-bond acceptors (Lipinski definition) is 4. The van der Waals surface area contributed by atoms with E-state index in [4.69, 9.17) is 0 Å². The first kappa shape index (κ1) is 18.7. The molecule has 6 aromatic rings. The topological polar surface area (TPSA) is 38.7 Å². The highest BCUT2D eigenvalue weighted by atomic mass is 32.1. The summed E-state index contributed by atoms with van der Waals surface area (Å²) in [7, 11) is 0. The van der Waals surface area contributed by atoms with Crippen LogP contribution in [0, 0.1) is 0 Å². The van der Waals surface area contributed by atoms with Gasteiger partial charge >= 0.3 is 0 Å². The number of pyridine rings is 2. The summed E-state index contributed by atoms with van der Waals surface area (Å²) in [6.45, 7) is 0. The van der Waals surface area contributed by atoms with Gasteiger partial charge in [-0.3, -0.25) is 9.97 Å². The van der Waals surface area contributed by atoms with E-state index in [1.807, 2.05) is 84.8 Å². The van der Waals surface area contributed by atoms with Crippen molar-refractivity contribution >= 4 is 43.2 Å². The molecule has 0 aliphatic rings. The number of nitrogens with zero attached hydrogens (tertiary/aromatic N) is 3. The van der Waals surface area contributed by atoms with Crippen molar-refractivity contribution in [3.05, 3.63) is 115 Å². The third kappa shape index (κ3) is 5.00. The van der Waals surface area contributed by atoms with Crippen LogP contribution in [0.25, 0.3) is 31.9 Å². The van der Waals surface area contributed by atoms with Crippen LogP contribution in [0.4, 0.5) is 0 Å². The third-order valence-electron chi connectivity index (χ3n) is 4.30. The van der Waals surface area contributed by atoms with Gasteiger partial charge in [-0.15, -0.1) is 11.3 Å². The van der Waals surface area contributed by atoms with Gasteiger partial charge in [0.15, 0.2) is 0 Å². The van der Waals surface area contributed by atoms with Crippen LogP contribution in [0.1, 0.15) is 0 Å². The van der Waals surface area contributed by atoms with Crippen LogP contribution in [0.3, 0.4) is 0 Å². The second-order valence-corrected chi connectivity index (χ2v) is 7.13. The summed E-state index contributed by atoms with van der Waals surface area (Å²) in [5.74, 6) is 0. The van der Waals surface area contributed by atoms with E-state index in [-0.39, 0.29) is 0 Å². The van der Waals surface area contributed by atoms with Gasteiger partial charge in [0.05, 0.1) is 21.2 Å². The van der Waals surface area contributed by atoms with Gasteiger partial charge in [0, 0.05) is 24.0 Å². The van der Waals surface area contributed by atoms with E-state index in [1.54, 1.807) is 11.3 Å². The average Bonchev–Trinajstić information content (AvgIpc) is 3.29. The summed E-state index contributed by atoms with van der Waals surface area (Å²) >= 11 is 1.68. The maximum Gasteiger partial charge on any atom is 0.0812 e. The Morgan fingerprint density at radius 3 is 2.00 bits per heavy atom. The Hall–Kier alpha value is -3.63. The minimum Gasteiger partial charge on any atom is -0.264 e. The van der Waals surface area contributed by atoms with E-state index in [1.165, 1.54) is 20.9 Å². The van der Waals surface area contributed by atoms with Crippen LogP contribution in [0.5, 0.6) is 0 Å². The molecule has 0 atom stereocenters. The van der Waals surface area contributed by atoms with Gasteiger partial charge in [-0.1, -0.05) is 60.7 Å². The molecule has 0 aliphatic carbocycles. The molecule has 3 aromatic carbocycles. The van der Waals surface area contributed by atoms with Crippen molar-refractivity contribution < 1.29 is 0 Å². The highest BCUT2D eigenvalue weighted by molar-refractivity contribution is 7.16. The lowest BCUT2D eigenvalue weighted by atomic mass is 10.2. The Morgan fingerprint density at radius 1 is 0.517 bits per heavy atom. The zero-order valence-electron chi connectivity index (χ0n) is 15.7. The van der Waals surface area contributed by atoms with Crippen molar-refractivity contribution in [3.63, 3.8) is 0 Å². The van der Waals surface area contributed by atoms with Crippen LogP contribution < -0.4 is 0 Å². The SMILES string of the molecule is c1ccc2cnccc2c1.c1ccc2ncccc2c1.c1ccc2scnc2c1. The summed E-state index contributed by atoms with van der Waals surface area (Å²) in [6, 6.07) is 30.4. The van der Waals surface area contributed by atoms with E-state index in [9.17, 15) is 0 Å². The second-order valence-electron chi connectivity index (χ2n) is 6.24. The van der Waals surface area contributed by atoms with E-state index in [0.717, 1.165) is 11.0 Å². The lowest BCUT2D eigenvalue weighted by Gasteiger charge is -1.91. The molecule has 0 bridgehead atoms. The first-order valence-corrected chi connectivity index (χ1v) is 10.1. The zero-order chi connectivity index (χ0) is 19.7. The van der Waals surface area contributed by atoms with Gasteiger partial charge in [-0.25, -0.2) is 4.98 Å². The van der Waals surface area contributed by atoms with Crippen LogP contribution in [0.2, 0.25) is 0 Å². The first-order valence-electron chi connectivity index (χ1n) is 9.27. The van der Waals surface area contributed by atoms with E-state index in [2.05, 4.69) is 45.3 Å². The van der Waals surface area contributed by atoms with Gasteiger partial charge in [0.2, 0.25) is 0 Å². The fourth-order valence-electron chi connectivity index (χ4n) is 2.85. The maximum absolute atomic E-state index is 4.18. The molecule has 0 N–H and O–H groups in total. The summed E-state index contributed by atoms with van der Waals surface area (Å²) < 4.78 is 1.26. The predicted octanol–water partition coefficient (Wildman–Crippen LogP) is 6.77. The average molecular weight is 394 g/mol. The Labute approximate surface area is 173 Å². The lowest BCUT2D eigenvalue weighted by Crippen LogP contribution is -1.73. The maximum atomic E-state index is 4.18. The molecule has 0 fully saturated rings. The summed E-state index contributed by atoms with van der Waals surface area (Å²) in [4.78, 5) is 12.3. The van der Waals surface area contributed by atoms with Gasteiger partial charge < -0.3 is 0 Å². The Morgan fingerprint density at radius 2 is 1.21 bits per heavy atom. The van der Waals surface area contributed by atoms with Crippen molar-refractivity contribution in [2.45, 2.75) is 0 Å². The van der Waals surface area contributed by atoms with Crippen molar-refractivity contribution in [1.82, 2.24) is 15.0 Å². The van der Waals surface area contributed by atoms with Gasteiger partial charge in [-0.05, 0) is 41.1 Å². The summed E-state index contributed by atoms with van der Waals surface area (Å²) in [6.07, 6.45) is 5.49. The fourth-order valence-corrected chi connectivity index (χ4v) is 3.52. The minimum absolute atomic E-state index is 1.06. The van der Waals surface area contributed by atoms with Gasteiger partial charge in [0.25, 0.3) is 0 Å². The molecule has 29 heavy (non-hydrogen) atoms. The summed E-state index contributed by atoms with van der Waals surface area (Å²) in [5, 5.41) is 3.65. The predicted molar refractivity (Wildman–Crippen MR) is 123 cm³/mol. The highest BCUT2D eigenvalue weighted by Gasteiger charge is 1.90. The molecule has 0 radical (unpaired) electrons. The van der Waals surface area contributed by atoms with Crippen LogP contribution >= 0.6 is 11.3 Å². The van der Waals surface area contributed by atoms with Crippen molar-refractivity contribution in [2.75, 3.05) is 0 Å². The van der Waals surface area contributed by atoms with E-state index >= 15 is 0 Å². The number of benzene rings is 3. The number of rotatable bonds is 0. The molecule has 6 rings (SSSR count). The molecule has 0 unspecified atom stereocenters. The smallest absolute Gasteiger partial charge is 0.0812 e. The molecule has 0 amide bonds. The Bertz CT molecular complexity index is 1100. The molecule has 3 aromatic heterocycles. The van der Waals surface area contributed by atoms with Gasteiger partial charge in [0.1, 0.15) is 0 Å². The Balaban J connectivity index is 0.000000106. The Kier molecular flexibility index (Phi) is 6.15. The molecule has 0 saturated carbocycles.